The fourth-order valence-corrected chi connectivity index (χ4v) is 5.31. The highest BCUT2D eigenvalue weighted by atomic mass is 16.5. The molecule has 1 atom stereocenters. The number of hydrogen-bond acceptors (Lipinski definition) is 10. The molecule has 0 amide bonds. The fraction of sp³-hybridized carbons (Fsp3) is 0.652. The van der Waals surface area contributed by atoms with Crippen LogP contribution in [0.5, 0.6) is 0 Å². The molecule has 5 heterocycles. The minimum absolute atomic E-state index is 0.0536. The Morgan fingerprint density at radius 3 is 2.55 bits per heavy atom. The van der Waals surface area contributed by atoms with E-state index in [1.54, 1.807) is 12.4 Å². The number of rotatable bonds is 5. The number of hydrogen-bond donors (Lipinski definition) is 2. The van der Waals surface area contributed by atoms with Gasteiger partial charge in [-0.05, 0) is 33.6 Å². The van der Waals surface area contributed by atoms with E-state index in [1.807, 2.05) is 13.8 Å². The van der Waals surface area contributed by atoms with Crippen LogP contribution in [0.25, 0.3) is 11.3 Å². The van der Waals surface area contributed by atoms with Crippen molar-refractivity contribution in [1.82, 2.24) is 24.8 Å². The number of nitrogens with zero attached hydrogens (tertiary/aromatic N) is 7. The molecule has 3 aliphatic heterocycles. The number of aliphatic hydroxyl groups is 1. The molecule has 3 aliphatic rings. The zero-order valence-electron chi connectivity index (χ0n) is 19.8. The molecule has 33 heavy (non-hydrogen) atoms. The van der Waals surface area contributed by atoms with Crippen molar-refractivity contribution in [2.24, 2.45) is 0 Å². The Bertz CT molecular complexity index is 1000. The van der Waals surface area contributed by atoms with E-state index in [9.17, 15) is 5.11 Å². The third-order valence-corrected chi connectivity index (χ3v) is 6.85. The molecule has 0 saturated carbocycles. The molecule has 2 saturated heterocycles. The fourth-order valence-electron chi connectivity index (χ4n) is 5.31. The van der Waals surface area contributed by atoms with Crippen LogP contribution in [-0.2, 0) is 11.2 Å². The summed E-state index contributed by atoms with van der Waals surface area (Å²) in [6.07, 6.45) is 5.40. The molecule has 10 nitrogen and oxygen atoms in total. The molecule has 0 aliphatic carbocycles. The molecule has 3 N–H and O–H groups in total. The molecule has 0 radical (unpaired) electrons. The van der Waals surface area contributed by atoms with Crippen LogP contribution in [-0.4, -0.2) is 93.6 Å². The van der Waals surface area contributed by atoms with Crippen molar-refractivity contribution in [1.29, 1.82) is 0 Å². The van der Waals surface area contributed by atoms with Gasteiger partial charge in [0.15, 0.2) is 0 Å². The highest BCUT2D eigenvalue weighted by Gasteiger charge is 2.44. The number of ether oxygens (including phenoxy) is 1. The first-order chi connectivity index (χ1) is 15.7. The Balaban J connectivity index is 1.52. The Morgan fingerprint density at radius 2 is 1.85 bits per heavy atom. The number of morpholine rings is 1. The van der Waals surface area contributed by atoms with Gasteiger partial charge in [0.1, 0.15) is 5.82 Å². The molecule has 0 aromatic carbocycles. The van der Waals surface area contributed by atoms with E-state index in [4.69, 9.17) is 20.4 Å². The summed E-state index contributed by atoms with van der Waals surface area (Å²) in [5.74, 6) is 1.99. The number of fused-ring (bicyclic) bond motifs is 1. The summed E-state index contributed by atoms with van der Waals surface area (Å²) >= 11 is 0. The average molecular weight is 455 g/mol. The maximum atomic E-state index is 10.3. The zero-order chi connectivity index (χ0) is 23.2. The van der Waals surface area contributed by atoms with Crippen molar-refractivity contribution in [2.75, 3.05) is 68.0 Å². The van der Waals surface area contributed by atoms with Crippen LogP contribution in [0.3, 0.4) is 0 Å². The topological polar surface area (TPSA) is 117 Å². The standard InChI is InChI=1S/C23H34N8O2/c1-22(2,32)14-29-7-5-23(3,15-29)31-6-4-17-18(16-12-25-20(24)26-13-16)27-21(28-19(17)31)30-8-10-33-11-9-30/h12-13,32H,4-11,14-15H2,1-3H3,(H2,24,25,26)/t23-/m1/s1. The van der Waals surface area contributed by atoms with Gasteiger partial charge in [0.25, 0.3) is 0 Å². The normalized spacial score (nSPS) is 23.9. The predicted octanol–water partition coefficient (Wildman–Crippen LogP) is 0.950. The second-order valence-corrected chi connectivity index (χ2v) is 10.3. The molecule has 0 bridgehead atoms. The van der Waals surface area contributed by atoms with E-state index in [0.29, 0.717) is 19.8 Å². The smallest absolute Gasteiger partial charge is 0.228 e. The minimum Gasteiger partial charge on any atom is -0.389 e. The molecule has 0 spiro atoms. The van der Waals surface area contributed by atoms with Crippen LogP contribution in [0.4, 0.5) is 17.7 Å². The van der Waals surface area contributed by atoms with E-state index < -0.39 is 5.60 Å². The first-order valence-electron chi connectivity index (χ1n) is 11.8. The van der Waals surface area contributed by atoms with E-state index in [0.717, 1.165) is 74.2 Å². The quantitative estimate of drug-likeness (QED) is 0.676. The molecule has 5 rings (SSSR count). The summed E-state index contributed by atoms with van der Waals surface area (Å²) < 4.78 is 5.54. The highest BCUT2D eigenvalue weighted by Crippen LogP contribution is 2.41. The van der Waals surface area contributed by atoms with Crippen molar-refractivity contribution in [3.63, 3.8) is 0 Å². The van der Waals surface area contributed by atoms with Crippen molar-refractivity contribution in [3.05, 3.63) is 18.0 Å². The summed E-state index contributed by atoms with van der Waals surface area (Å²) in [6, 6.07) is 0. The van der Waals surface area contributed by atoms with Crippen LogP contribution >= 0.6 is 0 Å². The number of likely N-dealkylation sites (tertiary alicyclic amines) is 1. The summed E-state index contributed by atoms with van der Waals surface area (Å²) in [6.45, 7) is 12.4. The van der Waals surface area contributed by atoms with Crippen molar-refractivity contribution in [2.45, 2.75) is 44.8 Å². The van der Waals surface area contributed by atoms with Crippen molar-refractivity contribution >= 4 is 17.7 Å². The van der Waals surface area contributed by atoms with Crippen LogP contribution in [0.15, 0.2) is 12.4 Å². The Kier molecular flexibility index (Phi) is 5.62. The van der Waals surface area contributed by atoms with Gasteiger partial charge in [-0.15, -0.1) is 0 Å². The second-order valence-electron chi connectivity index (χ2n) is 10.3. The maximum Gasteiger partial charge on any atom is 0.228 e. The number of aromatic nitrogens is 4. The maximum absolute atomic E-state index is 10.3. The van der Waals surface area contributed by atoms with Gasteiger partial charge in [0.05, 0.1) is 30.0 Å². The number of nitrogen functional groups attached to an aromatic ring is 1. The lowest BCUT2D eigenvalue weighted by Crippen LogP contribution is -2.49. The second kappa shape index (κ2) is 8.34. The van der Waals surface area contributed by atoms with E-state index >= 15 is 0 Å². The van der Waals surface area contributed by atoms with Crippen LogP contribution in [0, 0.1) is 0 Å². The molecule has 2 fully saturated rings. The minimum atomic E-state index is -0.706. The van der Waals surface area contributed by atoms with E-state index in [1.165, 1.54) is 0 Å². The summed E-state index contributed by atoms with van der Waals surface area (Å²) in [5.41, 5.74) is 7.87. The SMILES string of the molecule is CC(C)(O)CN1CC[C@@](C)(N2CCc3c(-c4cnc(N)nc4)nc(N4CCOCC4)nc32)C1. The lowest BCUT2D eigenvalue weighted by atomic mass is 9.99. The van der Waals surface area contributed by atoms with Gasteiger partial charge < -0.3 is 25.4 Å². The summed E-state index contributed by atoms with van der Waals surface area (Å²) in [5, 5.41) is 10.3. The van der Waals surface area contributed by atoms with Gasteiger partial charge >= 0.3 is 0 Å². The van der Waals surface area contributed by atoms with Crippen LogP contribution in [0.2, 0.25) is 0 Å². The Morgan fingerprint density at radius 1 is 1.12 bits per heavy atom. The first kappa shape index (κ1) is 22.2. The lowest BCUT2D eigenvalue weighted by Gasteiger charge is -2.38. The van der Waals surface area contributed by atoms with Gasteiger partial charge in [-0.3, -0.25) is 4.90 Å². The largest absolute Gasteiger partial charge is 0.389 e. The van der Waals surface area contributed by atoms with Crippen LogP contribution < -0.4 is 15.5 Å². The summed E-state index contributed by atoms with van der Waals surface area (Å²) in [4.78, 5) is 25.5. The Hall–Kier alpha value is -2.56. The van der Waals surface area contributed by atoms with E-state index in [2.05, 4.69) is 31.6 Å². The van der Waals surface area contributed by atoms with Crippen molar-refractivity contribution in [3.8, 4) is 11.3 Å². The summed E-state index contributed by atoms with van der Waals surface area (Å²) in [7, 11) is 0. The number of nitrogens with two attached hydrogens (primary N) is 1. The first-order valence-corrected chi connectivity index (χ1v) is 11.8. The van der Waals surface area contributed by atoms with Gasteiger partial charge in [0.2, 0.25) is 11.9 Å². The molecular formula is C23H34N8O2. The zero-order valence-corrected chi connectivity index (χ0v) is 19.8. The highest BCUT2D eigenvalue weighted by molar-refractivity contribution is 5.73. The molecule has 0 unspecified atom stereocenters. The molecular weight excluding hydrogens is 420 g/mol. The van der Waals surface area contributed by atoms with Gasteiger partial charge in [-0.25, -0.2) is 15.0 Å². The molecule has 2 aromatic rings. The lowest BCUT2D eigenvalue weighted by molar-refractivity contribution is 0.0424. The Labute approximate surface area is 194 Å². The molecule has 2 aromatic heterocycles. The molecule has 10 heteroatoms. The third kappa shape index (κ3) is 4.47. The monoisotopic (exact) mass is 454 g/mol. The molecule has 178 valence electrons. The number of β-amino-alcohol motifs (C(OH)–C–C–N with tert-alkyl or cyclic N) is 1. The van der Waals surface area contributed by atoms with Gasteiger partial charge in [-0.1, -0.05) is 0 Å². The van der Waals surface area contributed by atoms with Gasteiger partial charge in [-0.2, -0.15) is 4.98 Å². The predicted molar refractivity (Wildman–Crippen MR) is 127 cm³/mol. The van der Waals surface area contributed by atoms with Crippen molar-refractivity contribution < 1.29 is 9.84 Å². The number of anilines is 3. The van der Waals surface area contributed by atoms with Crippen LogP contribution in [0.1, 0.15) is 32.8 Å². The third-order valence-electron chi connectivity index (χ3n) is 6.85. The average Bonchev–Trinajstić information content (AvgIpc) is 3.37. The van der Waals surface area contributed by atoms with Gasteiger partial charge in [0, 0.05) is 62.8 Å². The van der Waals surface area contributed by atoms with E-state index in [-0.39, 0.29) is 11.5 Å².